The molecule has 0 spiro atoms. The number of benzene rings is 1. The molecule has 0 aliphatic rings. The number of amides is 2. The smallest absolute Gasteiger partial charge is 0.352 e. The van der Waals surface area contributed by atoms with Crippen LogP contribution in [0, 0.1) is 11.7 Å². The SMILES string of the molecule is C=C(C)C(=O)NCC(C)C(=O)NCc1ccc(F)c(C(F)(F)F)c1. The molecule has 4 nitrogen and oxygen atoms in total. The first kappa shape index (κ1) is 19.7. The summed E-state index contributed by atoms with van der Waals surface area (Å²) in [5, 5.41) is 4.95. The molecule has 1 atom stereocenters. The number of alkyl halides is 3. The minimum absolute atomic E-state index is 0.0642. The van der Waals surface area contributed by atoms with E-state index in [9.17, 15) is 27.2 Å². The van der Waals surface area contributed by atoms with E-state index >= 15 is 0 Å². The molecule has 0 aliphatic carbocycles. The molecule has 2 amide bonds. The number of hydrogen-bond acceptors (Lipinski definition) is 2. The van der Waals surface area contributed by atoms with Crippen LogP contribution in [0.25, 0.3) is 0 Å². The zero-order chi connectivity index (χ0) is 18.5. The van der Waals surface area contributed by atoms with Crippen LogP contribution in [0.1, 0.15) is 25.0 Å². The van der Waals surface area contributed by atoms with Gasteiger partial charge in [-0.2, -0.15) is 13.2 Å². The van der Waals surface area contributed by atoms with Gasteiger partial charge in [0.15, 0.2) is 0 Å². The van der Waals surface area contributed by atoms with Gasteiger partial charge in [-0.3, -0.25) is 9.59 Å². The van der Waals surface area contributed by atoms with Crippen LogP contribution >= 0.6 is 0 Å². The third kappa shape index (κ3) is 5.68. The van der Waals surface area contributed by atoms with Gasteiger partial charge in [-0.05, 0) is 24.6 Å². The van der Waals surface area contributed by atoms with Crippen molar-refractivity contribution in [3.05, 3.63) is 47.3 Å². The molecule has 24 heavy (non-hydrogen) atoms. The van der Waals surface area contributed by atoms with Gasteiger partial charge < -0.3 is 10.6 Å². The summed E-state index contributed by atoms with van der Waals surface area (Å²) >= 11 is 0. The number of halogens is 4. The lowest BCUT2D eigenvalue weighted by Gasteiger charge is -2.14. The largest absolute Gasteiger partial charge is 0.419 e. The van der Waals surface area contributed by atoms with Gasteiger partial charge in [-0.15, -0.1) is 0 Å². The van der Waals surface area contributed by atoms with Crippen LogP contribution in [0.2, 0.25) is 0 Å². The van der Waals surface area contributed by atoms with E-state index in [4.69, 9.17) is 0 Å². The lowest BCUT2D eigenvalue weighted by atomic mass is 10.1. The molecular weight excluding hydrogens is 328 g/mol. The van der Waals surface area contributed by atoms with Gasteiger partial charge in [0, 0.05) is 18.7 Å². The maximum atomic E-state index is 13.2. The summed E-state index contributed by atoms with van der Waals surface area (Å²) in [6.07, 6.45) is -4.80. The maximum absolute atomic E-state index is 13.2. The van der Waals surface area contributed by atoms with E-state index in [1.54, 1.807) is 6.92 Å². The molecular formula is C16H18F4N2O2. The molecule has 0 aromatic heterocycles. The third-order valence-corrected chi connectivity index (χ3v) is 3.21. The number of rotatable bonds is 6. The quantitative estimate of drug-likeness (QED) is 0.615. The Kier molecular flexibility index (Phi) is 6.51. The van der Waals surface area contributed by atoms with Crippen LogP contribution in [0.5, 0.6) is 0 Å². The Morgan fingerprint density at radius 1 is 1.25 bits per heavy atom. The number of nitrogens with one attached hydrogen (secondary N) is 2. The van der Waals surface area contributed by atoms with Gasteiger partial charge in [0.2, 0.25) is 11.8 Å². The van der Waals surface area contributed by atoms with E-state index in [-0.39, 0.29) is 24.6 Å². The second-order valence-electron chi connectivity index (χ2n) is 5.42. The van der Waals surface area contributed by atoms with Crippen LogP contribution < -0.4 is 10.6 Å². The molecule has 0 saturated heterocycles. The first-order valence-corrected chi connectivity index (χ1v) is 7.09. The van der Waals surface area contributed by atoms with Gasteiger partial charge in [0.05, 0.1) is 11.5 Å². The predicted molar refractivity (Wildman–Crippen MR) is 80.2 cm³/mol. The summed E-state index contributed by atoms with van der Waals surface area (Å²) in [5.41, 5.74) is -0.958. The lowest BCUT2D eigenvalue weighted by Crippen LogP contribution is -2.37. The Balaban J connectivity index is 2.61. The maximum Gasteiger partial charge on any atom is 0.419 e. The van der Waals surface area contributed by atoms with Crippen molar-refractivity contribution in [2.75, 3.05) is 6.54 Å². The standard InChI is InChI=1S/C16H18F4N2O2/c1-9(2)14(23)21-7-10(3)15(24)22-8-11-4-5-13(17)12(6-11)16(18,19)20/h4-6,10H,1,7-8H2,2-3H3,(H,21,23)(H,22,24). The summed E-state index contributed by atoms with van der Waals surface area (Å²) in [5.74, 6) is -2.79. The van der Waals surface area contributed by atoms with Crippen molar-refractivity contribution in [1.29, 1.82) is 0 Å². The monoisotopic (exact) mass is 346 g/mol. The van der Waals surface area contributed by atoms with Gasteiger partial charge >= 0.3 is 6.18 Å². The molecule has 132 valence electrons. The van der Waals surface area contributed by atoms with Crippen molar-refractivity contribution in [3.63, 3.8) is 0 Å². The summed E-state index contributed by atoms with van der Waals surface area (Å²) in [4.78, 5) is 23.2. The van der Waals surface area contributed by atoms with Gasteiger partial charge in [0.25, 0.3) is 0 Å². The fourth-order valence-electron chi connectivity index (χ4n) is 1.75. The predicted octanol–water partition coefficient (Wildman–Crippen LogP) is 2.79. The molecule has 2 N–H and O–H groups in total. The fourth-order valence-corrected chi connectivity index (χ4v) is 1.75. The van der Waals surface area contributed by atoms with Crippen molar-refractivity contribution >= 4 is 11.8 Å². The normalized spacial score (nSPS) is 12.4. The zero-order valence-electron chi connectivity index (χ0n) is 13.3. The first-order valence-electron chi connectivity index (χ1n) is 7.09. The van der Waals surface area contributed by atoms with Crippen LogP contribution in [0.15, 0.2) is 30.4 Å². The van der Waals surface area contributed by atoms with E-state index < -0.39 is 29.4 Å². The summed E-state index contributed by atoms with van der Waals surface area (Å²) in [7, 11) is 0. The van der Waals surface area contributed by atoms with Gasteiger partial charge in [-0.1, -0.05) is 19.6 Å². The minimum Gasteiger partial charge on any atom is -0.352 e. The summed E-state index contributed by atoms with van der Waals surface area (Å²) < 4.78 is 51.0. The lowest BCUT2D eigenvalue weighted by molar-refractivity contribution is -0.140. The van der Waals surface area contributed by atoms with E-state index in [0.717, 1.165) is 0 Å². The Morgan fingerprint density at radius 2 is 1.88 bits per heavy atom. The van der Waals surface area contributed by atoms with Crippen molar-refractivity contribution in [2.24, 2.45) is 5.92 Å². The van der Waals surface area contributed by atoms with E-state index in [1.807, 2.05) is 0 Å². The van der Waals surface area contributed by atoms with Crippen molar-refractivity contribution in [1.82, 2.24) is 10.6 Å². The second kappa shape index (κ2) is 7.94. The first-order chi connectivity index (χ1) is 11.0. The molecule has 8 heteroatoms. The minimum atomic E-state index is -4.80. The average molecular weight is 346 g/mol. The van der Waals surface area contributed by atoms with Crippen LogP contribution in [-0.2, 0) is 22.3 Å². The molecule has 0 heterocycles. The molecule has 0 saturated carbocycles. The highest BCUT2D eigenvalue weighted by atomic mass is 19.4. The molecule has 1 aromatic carbocycles. The Labute approximate surface area is 136 Å². The Bertz CT molecular complexity index is 641. The molecule has 1 unspecified atom stereocenters. The fraction of sp³-hybridized carbons (Fsp3) is 0.375. The van der Waals surface area contributed by atoms with Crippen LogP contribution in [0.3, 0.4) is 0 Å². The molecule has 0 radical (unpaired) electrons. The van der Waals surface area contributed by atoms with Crippen molar-refractivity contribution < 1.29 is 27.2 Å². The highest BCUT2D eigenvalue weighted by molar-refractivity contribution is 5.92. The highest BCUT2D eigenvalue weighted by Crippen LogP contribution is 2.31. The van der Waals surface area contributed by atoms with Crippen LogP contribution in [-0.4, -0.2) is 18.4 Å². The second-order valence-corrected chi connectivity index (χ2v) is 5.42. The molecule has 1 aromatic rings. The number of carbonyl (C=O) groups is 2. The van der Waals surface area contributed by atoms with E-state index in [0.29, 0.717) is 17.7 Å². The molecule has 1 rings (SSSR count). The van der Waals surface area contributed by atoms with Crippen molar-refractivity contribution in [3.8, 4) is 0 Å². The van der Waals surface area contributed by atoms with E-state index in [1.165, 1.54) is 13.0 Å². The third-order valence-electron chi connectivity index (χ3n) is 3.21. The summed E-state index contributed by atoms with van der Waals surface area (Å²) in [6.45, 7) is 6.41. The zero-order valence-corrected chi connectivity index (χ0v) is 13.3. The average Bonchev–Trinajstić information content (AvgIpc) is 2.49. The Hall–Kier alpha value is -2.38. The molecule has 0 aliphatic heterocycles. The van der Waals surface area contributed by atoms with Crippen LogP contribution in [0.4, 0.5) is 17.6 Å². The van der Waals surface area contributed by atoms with Crippen molar-refractivity contribution in [2.45, 2.75) is 26.6 Å². The molecule has 0 fully saturated rings. The highest BCUT2D eigenvalue weighted by Gasteiger charge is 2.34. The topological polar surface area (TPSA) is 58.2 Å². The van der Waals surface area contributed by atoms with Gasteiger partial charge in [0.1, 0.15) is 5.82 Å². The summed E-state index contributed by atoms with van der Waals surface area (Å²) in [6, 6.07) is 2.53. The number of hydrogen-bond donors (Lipinski definition) is 2. The molecule has 0 bridgehead atoms. The number of carbonyl (C=O) groups excluding carboxylic acids is 2. The Morgan fingerprint density at radius 3 is 2.42 bits per heavy atom. The van der Waals surface area contributed by atoms with Gasteiger partial charge in [-0.25, -0.2) is 4.39 Å². The van der Waals surface area contributed by atoms with E-state index in [2.05, 4.69) is 17.2 Å².